The van der Waals surface area contributed by atoms with Gasteiger partial charge < -0.3 is 10.4 Å². The van der Waals surface area contributed by atoms with Crippen LogP contribution in [0.3, 0.4) is 0 Å². The van der Waals surface area contributed by atoms with E-state index in [1.165, 1.54) is 24.4 Å². The predicted octanol–water partition coefficient (Wildman–Crippen LogP) is 1.76. The van der Waals surface area contributed by atoms with Crippen LogP contribution in [0.2, 0.25) is 0 Å². The highest BCUT2D eigenvalue weighted by Crippen LogP contribution is 2.14. The molecule has 4 nitrogen and oxygen atoms in total. The molecule has 1 atom stereocenters. The molecule has 1 amide bonds. The highest BCUT2D eigenvalue weighted by Gasteiger charge is 2.24. The van der Waals surface area contributed by atoms with E-state index in [1.54, 1.807) is 6.92 Å². The van der Waals surface area contributed by atoms with Crippen LogP contribution in [0.4, 0.5) is 4.39 Å². The number of amides is 1. The third-order valence-electron chi connectivity index (χ3n) is 3.02. The van der Waals surface area contributed by atoms with Crippen LogP contribution < -0.4 is 5.32 Å². The Kier molecular flexibility index (Phi) is 5.18. The van der Waals surface area contributed by atoms with Crippen LogP contribution in [0.1, 0.15) is 26.3 Å². The minimum Gasteiger partial charge on any atom is -0.388 e. The average molecular weight is 266 g/mol. The summed E-state index contributed by atoms with van der Waals surface area (Å²) < 4.78 is 12.9. The second-order valence-corrected chi connectivity index (χ2v) is 5.00. The molecular weight excluding hydrogens is 247 g/mol. The maximum absolute atomic E-state index is 12.9. The Morgan fingerprint density at radius 3 is 2.84 bits per heavy atom. The molecule has 0 aromatic carbocycles. The first kappa shape index (κ1) is 15.3. The van der Waals surface area contributed by atoms with Crippen LogP contribution in [0.25, 0.3) is 6.08 Å². The van der Waals surface area contributed by atoms with E-state index >= 15 is 0 Å². The van der Waals surface area contributed by atoms with Crippen molar-refractivity contribution in [1.82, 2.24) is 10.3 Å². The lowest BCUT2D eigenvalue weighted by Crippen LogP contribution is -2.43. The summed E-state index contributed by atoms with van der Waals surface area (Å²) in [7, 11) is 0. The fraction of sp³-hybridized carbons (Fsp3) is 0.429. The number of pyridine rings is 1. The van der Waals surface area contributed by atoms with E-state index in [0.717, 1.165) is 6.20 Å². The molecule has 2 N–H and O–H groups in total. The second kappa shape index (κ2) is 6.43. The Hall–Kier alpha value is -1.75. The topological polar surface area (TPSA) is 62.2 Å². The van der Waals surface area contributed by atoms with Gasteiger partial charge in [0.15, 0.2) is 0 Å². The summed E-state index contributed by atoms with van der Waals surface area (Å²) in [5, 5.41) is 12.6. The van der Waals surface area contributed by atoms with Crippen LogP contribution >= 0.6 is 0 Å². The molecular formula is C14H19FN2O2. The average Bonchev–Trinajstić information content (AvgIpc) is 2.34. The van der Waals surface area contributed by atoms with Crippen molar-refractivity contribution < 1.29 is 14.3 Å². The lowest BCUT2D eigenvalue weighted by molar-refractivity contribution is -0.118. The van der Waals surface area contributed by atoms with Crippen LogP contribution in [-0.2, 0) is 4.79 Å². The first-order valence-electron chi connectivity index (χ1n) is 6.10. The number of aliphatic hydroxyl groups is 1. The molecule has 1 rings (SSSR count). The molecule has 1 heterocycles. The Labute approximate surface area is 112 Å². The Balaban J connectivity index is 2.52. The summed E-state index contributed by atoms with van der Waals surface area (Å²) in [6.45, 7) is 5.58. The number of rotatable bonds is 5. The molecule has 0 bridgehead atoms. The van der Waals surface area contributed by atoms with E-state index in [9.17, 15) is 14.3 Å². The number of hydrogen-bond acceptors (Lipinski definition) is 3. The lowest BCUT2D eigenvalue weighted by atomic mass is 9.92. The molecule has 0 fully saturated rings. The number of halogens is 1. The molecule has 1 aromatic rings. The van der Waals surface area contributed by atoms with Crippen LogP contribution in [0, 0.1) is 11.7 Å². The molecule has 0 aliphatic heterocycles. The molecule has 104 valence electrons. The maximum atomic E-state index is 12.9. The van der Waals surface area contributed by atoms with Gasteiger partial charge in [0.1, 0.15) is 5.82 Å². The van der Waals surface area contributed by atoms with Gasteiger partial charge in [0.25, 0.3) is 0 Å². The molecule has 0 saturated carbocycles. The van der Waals surface area contributed by atoms with Crippen molar-refractivity contribution in [2.45, 2.75) is 26.4 Å². The minimum absolute atomic E-state index is 0.0317. The van der Waals surface area contributed by atoms with Crippen molar-refractivity contribution in [1.29, 1.82) is 0 Å². The van der Waals surface area contributed by atoms with Gasteiger partial charge in [-0.2, -0.15) is 0 Å². The smallest absolute Gasteiger partial charge is 0.244 e. The van der Waals surface area contributed by atoms with Gasteiger partial charge in [-0.3, -0.25) is 9.78 Å². The zero-order valence-electron chi connectivity index (χ0n) is 11.4. The Morgan fingerprint density at radius 2 is 2.26 bits per heavy atom. The van der Waals surface area contributed by atoms with Crippen LogP contribution in [0.5, 0.6) is 0 Å². The first-order chi connectivity index (χ1) is 8.81. The molecule has 19 heavy (non-hydrogen) atoms. The number of nitrogens with zero attached hydrogens (tertiary/aromatic N) is 1. The molecule has 0 aliphatic carbocycles. The van der Waals surface area contributed by atoms with Gasteiger partial charge in [-0.05, 0) is 30.5 Å². The summed E-state index contributed by atoms with van der Waals surface area (Å²) in [5.74, 6) is -0.764. The predicted molar refractivity (Wildman–Crippen MR) is 71.7 cm³/mol. The summed E-state index contributed by atoms with van der Waals surface area (Å²) in [6, 6.07) is 1.28. The molecule has 1 aromatic heterocycles. The third kappa shape index (κ3) is 5.18. The standard InChI is InChI=1S/C14H19FN2O2/c1-10(2)14(3,19)9-17-13(18)5-4-11-6-12(15)8-16-7-11/h4-8,10,19H,9H2,1-3H3,(H,17,18). The lowest BCUT2D eigenvalue weighted by Gasteiger charge is -2.27. The van der Waals surface area contributed by atoms with E-state index in [4.69, 9.17) is 0 Å². The number of carbonyl (C=O) groups excluding carboxylic acids is 1. The van der Waals surface area contributed by atoms with Crippen molar-refractivity contribution in [2.75, 3.05) is 6.54 Å². The Morgan fingerprint density at radius 1 is 1.58 bits per heavy atom. The number of nitrogens with one attached hydrogen (secondary N) is 1. The van der Waals surface area contributed by atoms with Crippen molar-refractivity contribution in [3.63, 3.8) is 0 Å². The molecule has 1 unspecified atom stereocenters. The monoisotopic (exact) mass is 266 g/mol. The van der Waals surface area contributed by atoms with Gasteiger partial charge >= 0.3 is 0 Å². The van der Waals surface area contributed by atoms with Crippen molar-refractivity contribution in [3.05, 3.63) is 35.9 Å². The van der Waals surface area contributed by atoms with Crippen molar-refractivity contribution in [2.24, 2.45) is 5.92 Å². The number of carbonyl (C=O) groups is 1. The van der Waals surface area contributed by atoms with Gasteiger partial charge in [-0.25, -0.2) is 4.39 Å². The summed E-state index contributed by atoms with van der Waals surface area (Å²) in [4.78, 5) is 15.2. The highest BCUT2D eigenvalue weighted by atomic mass is 19.1. The fourth-order valence-corrected chi connectivity index (χ4v) is 1.22. The number of hydrogen-bond donors (Lipinski definition) is 2. The van der Waals surface area contributed by atoms with Gasteiger partial charge in [0.2, 0.25) is 5.91 Å². The van der Waals surface area contributed by atoms with E-state index in [0.29, 0.717) is 5.56 Å². The molecule has 0 radical (unpaired) electrons. The molecule has 0 saturated heterocycles. The van der Waals surface area contributed by atoms with Gasteiger partial charge in [0, 0.05) is 18.8 Å². The van der Waals surface area contributed by atoms with Gasteiger partial charge in [-0.1, -0.05) is 13.8 Å². The van der Waals surface area contributed by atoms with Crippen LogP contribution in [0.15, 0.2) is 24.5 Å². The summed E-state index contributed by atoms with van der Waals surface area (Å²) >= 11 is 0. The van der Waals surface area contributed by atoms with Gasteiger partial charge in [0.05, 0.1) is 11.8 Å². The second-order valence-electron chi connectivity index (χ2n) is 5.00. The van der Waals surface area contributed by atoms with Crippen molar-refractivity contribution in [3.8, 4) is 0 Å². The van der Waals surface area contributed by atoms with E-state index in [-0.39, 0.29) is 18.4 Å². The van der Waals surface area contributed by atoms with E-state index in [1.807, 2.05) is 13.8 Å². The third-order valence-corrected chi connectivity index (χ3v) is 3.02. The molecule has 5 heteroatoms. The maximum Gasteiger partial charge on any atom is 0.244 e. The largest absolute Gasteiger partial charge is 0.388 e. The van der Waals surface area contributed by atoms with E-state index in [2.05, 4.69) is 10.3 Å². The Bertz CT molecular complexity index is 470. The highest BCUT2D eigenvalue weighted by molar-refractivity contribution is 5.91. The van der Waals surface area contributed by atoms with Crippen LogP contribution in [-0.4, -0.2) is 28.1 Å². The van der Waals surface area contributed by atoms with Gasteiger partial charge in [-0.15, -0.1) is 0 Å². The quantitative estimate of drug-likeness (QED) is 0.798. The zero-order valence-corrected chi connectivity index (χ0v) is 11.4. The normalized spacial score (nSPS) is 14.6. The zero-order chi connectivity index (χ0) is 14.5. The SMILES string of the molecule is CC(C)C(C)(O)CNC(=O)C=Cc1cncc(F)c1. The molecule has 0 spiro atoms. The van der Waals surface area contributed by atoms with Crippen molar-refractivity contribution >= 4 is 12.0 Å². The summed E-state index contributed by atoms with van der Waals surface area (Å²) in [6.07, 6.45) is 5.30. The first-order valence-corrected chi connectivity index (χ1v) is 6.10. The summed E-state index contributed by atoms with van der Waals surface area (Å²) in [5.41, 5.74) is -0.449. The van der Waals surface area contributed by atoms with E-state index < -0.39 is 11.4 Å². The molecule has 0 aliphatic rings. The minimum atomic E-state index is -0.954. The number of aromatic nitrogens is 1. The fourth-order valence-electron chi connectivity index (χ4n) is 1.22.